The second-order valence-electron chi connectivity index (χ2n) is 4.75. The normalized spacial score (nSPS) is 27.4. The fraction of sp³-hybridized carbons (Fsp3) is 0.750. The third-order valence-corrected chi connectivity index (χ3v) is 3.88. The third-order valence-electron chi connectivity index (χ3n) is 3.88. The lowest BCUT2D eigenvalue weighted by molar-refractivity contribution is -0.125. The average Bonchev–Trinajstić information content (AvgIpc) is 2.33. The van der Waals surface area contributed by atoms with Crippen molar-refractivity contribution in [2.45, 2.75) is 52.4 Å². The third kappa shape index (κ3) is 1.25. The molecule has 2 rings (SSSR count). The average molecular weight is 178 g/mol. The highest BCUT2D eigenvalue weighted by Crippen LogP contribution is 2.48. The van der Waals surface area contributed by atoms with E-state index in [9.17, 15) is 4.79 Å². The van der Waals surface area contributed by atoms with Crippen molar-refractivity contribution in [3.05, 3.63) is 11.1 Å². The van der Waals surface area contributed by atoms with Crippen molar-refractivity contribution in [3.8, 4) is 0 Å². The van der Waals surface area contributed by atoms with E-state index in [0.717, 1.165) is 24.8 Å². The molecular weight excluding hydrogens is 160 g/mol. The van der Waals surface area contributed by atoms with Crippen LogP contribution in [-0.4, -0.2) is 5.78 Å². The molecule has 1 fully saturated rings. The smallest absolute Gasteiger partial charge is 0.164 e. The number of hydrogen-bond acceptors (Lipinski definition) is 1. The van der Waals surface area contributed by atoms with E-state index in [-0.39, 0.29) is 5.41 Å². The van der Waals surface area contributed by atoms with Crippen molar-refractivity contribution in [2.75, 3.05) is 0 Å². The molecule has 0 bridgehead atoms. The molecule has 0 radical (unpaired) electrons. The van der Waals surface area contributed by atoms with Gasteiger partial charge in [0.25, 0.3) is 0 Å². The molecule has 1 heteroatoms. The van der Waals surface area contributed by atoms with Crippen LogP contribution in [0.1, 0.15) is 52.4 Å². The molecule has 0 N–H and O–H groups in total. The summed E-state index contributed by atoms with van der Waals surface area (Å²) in [5, 5.41) is 0. The highest BCUT2D eigenvalue weighted by molar-refractivity contribution is 6.02. The molecule has 1 saturated carbocycles. The molecule has 2 aliphatic rings. The van der Waals surface area contributed by atoms with Gasteiger partial charge in [-0.3, -0.25) is 4.79 Å². The van der Waals surface area contributed by atoms with Gasteiger partial charge in [-0.15, -0.1) is 0 Å². The van der Waals surface area contributed by atoms with Gasteiger partial charge >= 0.3 is 0 Å². The topological polar surface area (TPSA) is 17.1 Å². The van der Waals surface area contributed by atoms with Gasteiger partial charge < -0.3 is 0 Å². The van der Waals surface area contributed by atoms with Crippen molar-refractivity contribution in [1.82, 2.24) is 0 Å². The Hall–Kier alpha value is -0.590. The molecule has 0 aliphatic heterocycles. The molecule has 0 saturated heterocycles. The lowest BCUT2D eigenvalue weighted by Gasteiger charge is -2.32. The minimum absolute atomic E-state index is 0.0619. The van der Waals surface area contributed by atoms with E-state index in [1.807, 2.05) is 6.92 Å². The van der Waals surface area contributed by atoms with Crippen LogP contribution in [-0.2, 0) is 4.79 Å². The molecule has 0 unspecified atom stereocenters. The summed E-state index contributed by atoms with van der Waals surface area (Å²) in [4.78, 5) is 12.0. The number of rotatable bonds is 0. The number of ketones is 1. The summed E-state index contributed by atoms with van der Waals surface area (Å²) in [6, 6.07) is 0. The van der Waals surface area contributed by atoms with E-state index in [1.54, 1.807) is 0 Å². The molecule has 1 spiro atoms. The van der Waals surface area contributed by atoms with Crippen LogP contribution in [0.15, 0.2) is 11.1 Å². The lowest BCUT2D eigenvalue weighted by atomic mass is 9.71. The Morgan fingerprint density at radius 1 is 1.08 bits per heavy atom. The molecule has 0 aromatic rings. The highest BCUT2D eigenvalue weighted by Gasteiger charge is 2.44. The molecule has 0 aromatic heterocycles. The van der Waals surface area contributed by atoms with E-state index < -0.39 is 0 Å². The summed E-state index contributed by atoms with van der Waals surface area (Å²) >= 11 is 0. The van der Waals surface area contributed by atoms with Crippen molar-refractivity contribution < 1.29 is 4.79 Å². The van der Waals surface area contributed by atoms with E-state index in [4.69, 9.17) is 0 Å². The van der Waals surface area contributed by atoms with Gasteiger partial charge in [-0.05, 0) is 38.7 Å². The van der Waals surface area contributed by atoms with Gasteiger partial charge in [-0.25, -0.2) is 0 Å². The summed E-state index contributed by atoms with van der Waals surface area (Å²) in [5.41, 5.74) is 2.46. The summed E-state index contributed by atoms with van der Waals surface area (Å²) in [7, 11) is 0. The van der Waals surface area contributed by atoms with Gasteiger partial charge in [-0.1, -0.05) is 24.8 Å². The number of carbonyl (C=O) groups is 1. The zero-order chi connectivity index (χ0) is 9.47. The second-order valence-corrected chi connectivity index (χ2v) is 4.75. The lowest BCUT2D eigenvalue weighted by Crippen LogP contribution is -2.29. The van der Waals surface area contributed by atoms with Gasteiger partial charge in [0.15, 0.2) is 5.78 Å². The van der Waals surface area contributed by atoms with Gasteiger partial charge in [-0.2, -0.15) is 0 Å². The molecule has 0 amide bonds. The molecule has 72 valence electrons. The Morgan fingerprint density at radius 2 is 1.69 bits per heavy atom. The molecule has 1 nitrogen and oxygen atoms in total. The number of Topliss-reactive ketones (excluding diaryl/α,β-unsaturated/α-hetero) is 1. The quantitative estimate of drug-likeness (QED) is 0.556. The van der Waals surface area contributed by atoms with Crippen LogP contribution in [0.5, 0.6) is 0 Å². The Bertz CT molecular complexity index is 267. The van der Waals surface area contributed by atoms with E-state index in [0.29, 0.717) is 5.78 Å². The number of hydrogen-bond donors (Lipinski definition) is 0. The fourth-order valence-electron chi connectivity index (χ4n) is 2.94. The van der Waals surface area contributed by atoms with Crippen LogP contribution in [0, 0.1) is 5.41 Å². The highest BCUT2D eigenvalue weighted by atomic mass is 16.1. The van der Waals surface area contributed by atoms with Crippen molar-refractivity contribution >= 4 is 5.78 Å². The van der Waals surface area contributed by atoms with Gasteiger partial charge in [0.05, 0.1) is 0 Å². The summed E-state index contributed by atoms with van der Waals surface area (Å²) in [5.74, 6) is 0.463. The fourth-order valence-corrected chi connectivity index (χ4v) is 2.94. The maximum absolute atomic E-state index is 12.0. The number of carbonyl (C=O) groups excluding carboxylic acids is 1. The first-order valence-electron chi connectivity index (χ1n) is 5.37. The van der Waals surface area contributed by atoms with Crippen molar-refractivity contribution in [1.29, 1.82) is 0 Å². The first-order chi connectivity index (χ1) is 6.16. The minimum Gasteiger partial charge on any atom is -0.294 e. The summed E-state index contributed by atoms with van der Waals surface area (Å²) < 4.78 is 0. The van der Waals surface area contributed by atoms with Crippen LogP contribution in [0.4, 0.5) is 0 Å². The van der Waals surface area contributed by atoms with Crippen LogP contribution >= 0.6 is 0 Å². The molecule has 0 aromatic carbocycles. The molecule has 2 aliphatic carbocycles. The SMILES string of the molecule is CC1=C(C)C(=O)C2(CCCCC2)C1. The van der Waals surface area contributed by atoms with E-state index in [2.05, 4.69) is 6.92 Å². The molecular formula is C12H18O. The standard InChI is InChI=1S/C12H18O/c1-9-8-12(11(13)10(9)2)6-4-3-5-7-12/h3-8H2,1-2H3. The monoisotopic (exact) mass is 178 g/mol. The summed E-state index contributed by atoms with van der Waals surface area (Å²) in [6.07, 6.45) is 7.17. The maximum Gasteiger partial charge on any atom is 0.164 e. The van der Waals surface area contributed by atoms with Gasteiger partial charge in [0, 0.05) is 5.41 Å². The largest absolute Gasteiger partial charge is 0.294 e. The first kappa shape index (κ1) is 8.98. The van der Waals surface area contributed by atoms with Crippen LogP contribution in [0.2, 0.25) is 0 Å². The molecule has 0 heterocycles. The van der Waals surface area contributed by atoms with Crippen LogP contribution < -0.4 is 0 Å². The van der Waals surface area contributed by atoms with E-state index >= 15 is 0 Å². The Labute approximate surface area is 80.2 Å². The summed E-state index contributed by atoms with van der Waals surface area (Å²) in [6.45, 7) is 4.12. The van der Waals surface area contributed by atoms with Crippen LogP contribution in [0.3, 0.4) is 0 Å². The minimum atomic E-state index is 0.0619. The zero-order valence-electron chi connectivity index (χ0n) is 8.65. The zero-order valence-corrected chi connectivity index (χ0v) is 8.65. The maximum atomic E-state index is 12.0. The molecule has 0 atom stereocenters. The predicted molar refractivity (Wildman–Crippen MR) is 53.5 cm³/mol. The van der Waals surface area contributed by atoms with Gasteiger partial charge in [0.2, 0.25) is 0 Å². The van der Waals surface area contributed by atoms with Crippen molar-refractivity contribution in [3.63, 3.8) is 0 Å². The van der Waals surface area contributed by atoms with Gasteiger partial charge in [0.1, 0.15) is 0 Å². The van der Waals surface area contributed by atoms with Crippen molar-refractivity contribution in [2.24, 2.45) is 5.41 Å². The Balaban J connectivity index is 2.24. The van der Waals surface area contributed by atoms with E-state index in [1.165, 1.54) is 24.8 Å². The Kier molecular flexibility index (Phi) is 2.05. The number of allylic oxidation sites excluding steroid dienone is 2. The molecule has 13 heavy (non-hydrogen) atoms. The predicted octanol–water partition coefficient (Wildman–Crippen LogP) is 3.25. The second kappa shape index (κ2) is 2.97. The van der Waals surface area contributed by atoms with Crippen LogP contribution in [0.25, 0.3) is 0 Å². The first-order valence-corrected chi connectivity index (χ1v) is 5.37. The Morgan fingerprint density at radius 3 is 2.15 bits per heavy atom.